The number of hydrogen-bond donors (Lipinski definition) is 1. The Morgan fingerprint density at radius 2 is 2.00 bits per heavy atom. The van der Waals surface area contributed by atoms with Crippen molar-refractivity contribution in [2.75, 3.05) is 13.6 Å². The molecule has 0 spiro atoms. The third-order valence-corrected chi connectivity index (χ3v) is 3.28. The van der Waals surface area contributed by atoms with E-state index in [-0.39, 0.29) is 0 Å². The van der Waals surface area contributed by atoms with Crippen molar-refractivity contribution < 1.29 is 0 Å². The number of benzene rings is 1. The summed E-state index contributed by atoms with van der Waals surface area (Å²) in [5.41, 5.74) is 2.78. The SMILES string of the molecule is CNCCC(C)(C)Cc1ccc(C)cc1Cl. The topological polar surface area (TPSA) is 12.0 Å². The van der Waals surface area contributed by atoms with E-state index in [0.717, 1.165) is 24.4 Å². The van der Waals surface area contributed by atoms with E-state index in [0.29, 0.717) is 5.41 Å². The maximum absolute atomic E-state index is 6.25. The first-order chi connectivity index (χ1) is 7.44. The van der Waals surface area contributed by atoms with E-state index in [4.69, 9.17) is 11.6 Å². The van der Waals surface area contributed by atoms with Crippen LogP contribution in [0.5, 0.6) is 0 Å². The molecule has 0 heterocycles. The minimum Gasteiger partial charge on any atom is -0.320 e. The lowest BCUT2D eigenvalue weighted by molar-refractivity contribution is 0.329. The van der Waals surface area contributed by atoms with Gasteiger partial charge in [0.15, 0.2) is 0 Å². The Kier molecular flexibility index (Phi) is 4.82. The van der Waals surface area contributed by atoms with Gasteiger partial charge in [-0.05, 0) is 56.0 Å². The molecule has 0 aliphatic rings. The zero-order chi connectivity index (χ0) is 12.2. The van der Waals surface area contributed by atoms with Crippen molar-refractivity contribution in [3.8, 4) is 0 Å². The largest absolute Gasteiger partial charge is 0.320 e. The Morgan fingerprint density at radius 3 is 2.56 bits per heavy atom. The second-order valence-electron chi connectivity index (χ2n) is 5.29. The van der Waals surface area contributed by atoms with Crippen molar-refractivity contribution in [3.63, 3.8) is 0 Å². The first-order valence-electron chi connectivity index (χ1n) is 5.84. The summed E-state index contributed by atoms with van der Waals surface area (Å²) in [6.45, 7) is 7.71. The molecule has 0 aliphatic heterocycles. The summed E-state index contributed by atoms with van der Waals surface area (Å²) in [5, 5.41) is 4.10. The highest BCUT2D eigenvalue weighted by Crippen LogP contribution is 2.29. The van der Waals surface area contributed by atoms with E-state index in [1.54, 1.807) is 0 Å². The summed E-state index contributed by atoms with van der Waals surface area (Å²) < 4.78 is 0. The monoisotopic (exact) mass is 239 g/mol. The Morgan fingerprint density at radius 1 is 1.31 bits per heavy atom. The van der Waals surface area contributed by atoms with Crippen LogP contribution in [0, 0.1) is 12.3 Å². The van der Waals surface area contributed by atoms with Crippen molar-refractivity contribution >= 4 is 11.6 Å². The molecule has 1 aromatic carbocycles. The lowest BCUT2D eigenvalue weighted by Gasteiger charge is -2.25. The predicted molar refractivity (Wildman–Crippen MR) is 72.2 cm³/mol. The maximum atomic E-state index is 6.25. The molecule has 0 atom stereocenters. The van der Waals surface area contributed by atoms with Gasteiger partial charge in [0.05, 0.1) is 0 Å². The third-order valence-electron chi connectivity index (χ3n) is 2.93. The van der Waals surface area contributed by atoms with Gasteiger partial charge in [-0.1, -0.05) is 37.6 Å². The second-order valence-corrected chi connectivity index (χ2v) is 5.70. The highest BCUT2D eigenvalue weighted by atomic mass is 35.5. The summed E-state index contributed by atoms with van der Waals surface area (Å²) in [7, 11) is 1.99. The molecule has 0 bridgehead atoms. The maximum Gasteiger partial charge on any atom is 0.0440 e. The van der Waals surface area contributed by atoms with Crippen molar-refractivity contribution in [2.45, 2.75) is 33.6 Å². The molecule has 0 saturated carbocycles. The summed E-state index contributed by atoms with van der Waals surface area (Å²) in [6.07, 6.45) is 2.20. The van der Waals surface area contributed by atoms with Crippen LogP contribution < -0.4 is 5.32 Å². The lowest BCUT2D eigenvalue weighted by atomic mass is 9.82. The molecule has 0 amide bonds. The van der Waals surface area contributed by atoms with Crippen LogP contribution in [0.2, 0.25) is 5.02 Å². The van der Waals surface area contributed by atoms with Gasteiger partial charge in [0.1, 0.15) is 0 Å². The predicted octanol–water partition coefficient (Wildman–Crippen LogP) is 3.83. The Labute approximate surface area is 104 Å². The van der Waals surface area contributed by atoms with Crippen LogP contribution in [0.15, 0.2) is 18.2 Å². The van der Waals surface area contributed by atoms with Crippen LogP contribution >= 0.6 is 11.6 Å². The molecule has 90 valence electrons. The standard InChI is InChI=1S/C14H22ClN/c1-11-5-6-12(13(15)9-11)10-14(2,3)7-8-16-4/h5-6,9,16H,7-8,10H2,1-4H3. The smallest absolute Gasteiger partial charge is 0.0440 e. The van der Waals surface area contributed by atoms with Gasteiger partial charge >= 0.3 is 0 Å². The van der Waals surface area contributed by atoms with Crippen molar-refractivity contribution in [3.05, 3.63) is 34.3 Å². The van der Waals surface area contributed by atoms with Crippen LogP contribution in [0.25, 0.3) is 0 Å². The molecule has 0 fully saturated rings. The number of rotatable bonds is 5. The molecule has 1 rings (SSSR count). The fraction of sp³-hybridized carbons (Fsp3) is 0.571. The zero-order valence-corrected chi connectivity index (χ0v) is 11.5. The van der Waals surface area contributed by atoms with E-state index >= 15 is 0 Å². The normalized spacial score (nSPS) is 11.8. The minimum absolute atomic E-state index is 0.294. The molecule has 1 nitrogen and oxygen atoms in total. The Hall–Kier alpha value is -0.530. The second kappa shape index (κ2) is 5.70. The highest BCUT2D eigenvalue weighted by Gasteiger charge is 2.19. The van der Waals surface area contributed by atoms with Gasteiger partial charge in [-0.15, -0.1) is 0 Å². The molecule has 0 aromatic heterocycles. The first kappa shape index (κ1) is 13.5. The van der Waals surface area contributed by atoms with Crippen LogP contribution in [0.3, 0.4) is 0 Å². The Bertz CT molecular complexity index is 345. The summed E-state index contributed by atoms with van der Waals surface area (Å²) in [5.74, 6) is 0. The van der Waals surface area contributed by atoms with Gasteiger partial charge in [-0.3, -0.25) is 0 Å². The molecule has 0 aliphatic carbocycles. The lowest BCUT2D eigenvalue weighted by Crippen LogP contribution is -2.21. The fourth-order valence-electron chi connectivity index (χ4n) is 1.86. The molecule has 0 radical (unpaired) electrons. The summed E-state index contributed by atoms with van der Waals surface area (Å²) in [6, 6.07) is 6.33. The van der Waals surface area contributed by atoms with Gasteiger partial charge in [-0.2, -0.15) is 0 Å². The average Bonchev–Trinajstić information content (AvgIpc) is 2.19. The van der Waals surface area contributed by atoms with Crippen molar-refractivity contribution in [1.82, 2.24) is 5.32 Å². The molecular formula is C14H22ClN. The Balaban J connectivity index is 2.71. The molecule has 1 N–H and O–H groups in total. The first-order valence-corrected chi connectivity index (χ1v) is 6.22. The van der Waals surface area contributed by atoms with E-state index in [9.17, 15) is 0 Å². The van der Waals surface area contributed by atoms with Crippen molar-refractivity contribution in [2.24, 2.45) is 5.41 Å². The van der Waals surface area contributed by atoms with Gasteiger partial charge in [0, 0.05) is 5.02 Å². The third kappa shape index (κ3) is 4.15. The quantitative estimate of drug-likeness (QED) is 0.824. The number of nitrogens with one attached hydrogen (secondary N) is 1. The molecule has 0 unspecified atom stereocenters. The zero-order valence-electron chi connectivity index (χ0n) is 10.7. The summed E-state index contributed by atoms with van der Waals surface area (Å²) >= 11 is 6.25. The van der Waals surface area contributed by atoms with E-state index < -0.39 is 0 Å². The highest BCUT2D eigenvalue weighted by molar-refractivity contribution is 6.31. The fourth-order valence-corrected chi connectivity index (χ4v) is 2.16. The molecular weight excluding hydrogens is 218 g/mol. The molecule has 2 heteroatoms. The van der Waals surface area contributed by atoms with Crippen LogP contribution in [0.4, 0.5) is 0 Å². The van der Waals surface area contributed by atoms with Gasteiger partial charge < -0.3 is 5.32 Å². The van der Waals surface area contributed by atoms with E-state index in [1.165, 1.54) is 11.1 Å². The molecule has 16 heavy (non-hydrogen) atoms. The van der Waals surface area contributed by atoms with E-state index in [2.05, 4.69) is 38.2 Å². The van der Waals surface area contributed by atoms with E-state index in [1.807, 2.05) is 13.1 Å². The number of aryl methyl sites for hydroxylation is 1. The van der Waals surface area contributed by atoms with Crippen molar-refractivity contribution in [1.29, 1.82) is 0 Å². The van der Waals surface area contributed by atoms with Gasteiger partial charge in [0.2, 0.25) is 0 Å². The van der Waals surface area contributed by atoms with Crippen LogP contribution in [0.1, 0.15) is 31.4 Å². The number of halogens is 1. The molecule has 0 saturated heterocycles. The average molecular weight is 240 g/mol. The summed E-state index contributed by atoms with van der Waals surface area (Å²) in [4.78, 5) is 0. The number of hydrogen-bond acceptors (Lipinski definition) is 1. The van der Waals surface area contributed by atoms with Gasteiger partial charge in [-0.25, -0.2) is 0 Å². The molecule has 1 aromatic rings. The van der Waals surface area contributed by atoms with Crippen LogP contribution in [-0.4, -0.2) is 13.6 Å². The minimum atomic E-state index is 0.294. The van der Waals surface area contributed by atoms with Gasteiger partial charge in [0.25, 0.3) is 0 Å². The van der Waals surface area contributed by atoms with Crippen LogP contribution in [-0.2, 0) is 6.42 Å².